The molecular weight excluding hydrogens is 274 g/mol. The fourth-order valence-corrected chi connectivity index (χ4v) is 2.62. The second kappa shape index (κ2) is 9.14. The summed E-state index contributed by atoms with van der Waals surface area (Å²) < 4.78 is 1.85. The Morgan fingerprint density at radius 1 is 1.25 bits per heavy atom. The summed E-state index contributed by atoms with van der Waals surface area (Å²) in [6, 6.07) is 0. The summed E-state index contributed by atoms with van der Waals surface area (Å²) in [5.74, 6) is 0.247. The molecule has 0 fully saturated rings. The number of Topliss-reactive ketones (excluding diaryl/α,β-unsaturated/α-hetero) is 1. The summed E-state index contributed by atoms with van der Waals surface area (Å²) in [5.41, 5.74) is 7.21. The maximum Gasteiger partial charge on any atom is 0.138 e. The van der Waals surface area contributed by atoms with Crippen molar-refractivity contribution in [2.45, 2.75) is 65.3 Å². The van der Waals surface area contributed by atoms with Crippen molar-refractivity contribution in [2.24, 2.45) is 5.73 Å². The molecule has 0 aromatic carbocycles. The van der Waals surface area contributed by atoms with Crippen LogP contribution in [0.5, 0.6) is 0 Å². The summed E-state index contributed by atoms with van der Waals surface area (Å²) in [6.45, 7) is 5.53. The van der Waals surface area contributed by atoms with Gasteiger partial charge < -0.3 is 5.73 Å². The van der Waals surface area contributed by atoms with Crippen molar-refractivity contribution in [3.8, 4) is 0 Å². The van der Waals surface area contributed by atoms with E-state index in [4.69, 9.17) is 17.3 Å². The van der Waals surface area contributed by atoms with Crippen LogP contribution in [0.25, 0.3) is 0 Å². The van der Waals surface area contributed by atoms with Crippen LogP contribution in [0.3, 0.4) is 0 Å². The standard InChI is InChI=1S/C15H26ClN3O/c1-3-13-15(16)14(19(4-2)18-13)11-12(20)9-7-5-6-8-10-17/h3-11,17H2,1-2H3. The van der Waals surface area contributed by atoms with E-state index in [0.29, 0.717) is 17.9 Å². The maximum absolute atomic E-state index is 12.0. The highest BCUT2D eigenvalue weighted by molar-refractivity contribution is 6.32. The average Bonchev–Trinajstić information content (AvgIpc) is 2.75. The molecule has 2 N–H and O–H groups in total. The van der Waals surface area contributed by atoms with Crippen LogP contribution in [0, 0.1) is 0 Å². The summed E-state index contributed by atoms with van der Waals surface area (Å²) in [5, 5.41) is 5.11. The first-order chi connectivity index (χ1) is 9.63. The van der Waals surface area contributed by atoms with Gasteiger partial charge in [0.2, 0.25) is 0 Å². The number of aromatic nitrogens is 2. The third kappa shape index (κ3) is 4.91. The number of nitrogens with zero attached hydrogens (tertiary/aromatic N) is 2. The first-order valence-electron chi connectivity index (χ1n) is 7.59. The van der Waals surface area contributed by atoms with Gasteiger partial charge in [0.25, 0.3) is 0 Å². The van der Waals surface area contributed by atoms with Gasteiger partial charge in [0, 0.05) is 19.4 Å². The number of hydrogen-bond donors (Lipinski definition) is 1. The second-order valence-electron chi connectivity index (χ2n) is 5.05. The Morgan fingerprint density at radius 2 is 1.95 bits per heavy atom. The monoisotopic (exact) mass is 299 g/mol. The molecule has 114 valence electrons. The van der Waals surface area contributed by atoms with Gasteiger partial charge in [-0.05, 0) is 32.7 Å². The maximum atomic E-state index is 12.0. The highest BCUT2D eigenvalue weighted by Crippen LogP contribution is 2.22. The quantitative estimate of drug-likeness (QED) is 0.675. The molecular formula is C15H26ClN3O. The van der Waals surface area contributed by atoms with Gasteiger partial charge in [-0.15, -0.1) is 0 Å². The van der Waals surface area contributed by atoms with Crippen molar-refractivity contribution >= 4 is 17.4 Å². The van der Waals surface area contributed by atoms with Crippen LogP contribution in [-0.4, -0.2) is 22.1 Å². The van der Waals surface area contributed by atoms with Crippen LogP contribution in [0.15, 0.2) is 0 Å². The van der Waals surface area contributed by atoms with E-state index < -0.39 is 0 Å². The largest absolute Gasteiger partial charge is 0.330 e. The molecule has 0 unspecified atom stereocenters. The molecule has 0 bridgehead atoms. The molecule has 0 saturated carbocycles. The second-order valence-corrected chi connectivity index (χ2v) is 5.42. The van der Waals surface area contributed by atoms with Crippen molar-refractivity contribution in [2.75, 3.05) is 6.54 Å². The normalized spacial score (nSPS) is 11.0. The van der Waals surface area contributed by atoms with Crippen LogP contribution in [0.4, 0.5) is 0 Å². The van der Waals surface area contributed by atoms with Gasteiger partial charge in [-0.1, -0.05) is 31.4 Å². The van der Waals surface area contributed by atoms with E-state index >= 15 is 0 Å². The molecule has 4 nitrogen and oxygen atoms in total. The minimum atomic E-state index is 0.247. The van der Waals surface area contributed by atoms with Gasteiger partial charge in [-0.3, -0.25) is 9.48 Å². The number of nitrogens with two attached hydrogens (primary N) is 1. The van der Waals surface area contributed by atoms with E-state index in [9.17, 15) is 4.79 Å². The minimum absolute atomic E-state index is 0.247. The van der Waals surface area contributed by atoms with E-state index in [1.807, 2.05) is 18.5 Å². The SMILES string of the molecule is CCc1nn(CC)c(CC(=O)CCCCCCN)c1Cl. The molecule has 0 aliphatic heterocycles. The van der Waals surface area contributed by atoms with E-state index in [1.54, 1.807) is 0 Å². The zero-order valence-corrected chi connectivity index (χ0v) is 13.4. The lowest BCUT2D eigenvalue weighted by atomic mass is 10.1. The van der Waals surface area contributed by atoms with Crippen LogP contribution in [0.2, 0.25) is 5.02 Å². The van der Waals surface area contributed by atoms with Crippen molar-refractivity contribution in [3.63, 3.8) is 0 Å². The number of aryl methyl sites for hydroxylation is 2. The molecule has 1 heterocycles. The number of hydrogen-bond acceptors (Lipinski definition) is 3. The Hall–Kier alpha value is -0.870. The Labute approximate surface area is 126 Å². The lowest BCUT2D eigenvalue weighted by molar-refractivity contribution is -0.118. The van der Waals surface area contributed by atoms with E-state index in [0.717, 1.165) is 56.6 Å². The Bertz CT molecular complexity index is 429. The molecule has 0 aliphatic rings. The number of carbonyl (C=O) groups is 1. The topological polar surface area (TPSA) is 60.9 Å². The van der Waals surface area contributed by atoms with Crippen LogP contribution < -0.4 is 5.73 Å². The fraction of sp³-hybridized carbons (Fsp3) is 0.733. The van der Waals surface area contributed by atoms with Crippen molar-refractivity contribution in [3.05, 3.63) is 16.4 Å². The van der Waals surface area contributed by atoms with E-state index in [-0.39, 0.29) is 5.78 Å². The average molecular weight is 300 g/mol. The van der Waals surface area contributed by atoms with Crippen LogP contribution >= 0.6 is 11.6 Å². The summed E-state index contributed by atoms with van der Waals surface area (Å²) >= 11 is 6.31. The molecule has 1 rings (SSSR count). The van der Waals surface area contributed by atoms with E-state index in [2.05, 4.69) is 5.10 Å². The summed E-state index contributed by atoms with van der Waals surface area (Å²) in [4.78, 5) is 12.0. The van der Waals surface area contributed by atoms with E-state index in [1.165, 1.54) is 0 Å². The predicted molar refractivity (Wildman–Crippen MR) is 83.1 cm³/mol. The first-order valence-corrected chi connectivity index (χ1v) is 7.97. The van der Waals surface area contributed by atoms with Gasteiger partial charge in [0.1, 0.15) is 5.78 Å². The highest BCUT2D eigenvalue weighted by atomic mass is 35.5. The molecule has 0 spiro atoms. The Morgan fingerprint density at radius 3 is 2.55 bits per heavy atom. The summed E-state index contributed by atoms with van der Waals surface area (Å²) in [6.07, 6.45) is 5.99. The molecule has 0 saturated heterocycles. The van der Waals surface area contributed by atoms with Gasteiger partial charge in [-0.2, -0.15) is 5.10 Å². The number of rotatable bonds is 10. The number of halogens is 1. The van der Waals surface area contributed by atoms with Crippen molar-refractivity contribution < 1.29 is 4.79 Å². The predicted octanol–water partition coefficient (Wildman–Crippen LogP) is 3.14. The lowest BCUT2D eigenvalue weighted by Crippen LogP contribution is -2.09. The molecule has 20 heavy (non-hydrogen) atoms. The van der Waals surface area contributed by atoms with Gasteiger partial charge in [0.05, 0.1) is 16.4 Å². The van der Waals surface area contributed by atoms with Crippen LogP contribution in [0.1, 0.15) is 57.3 Å². The zero-order valence-electron chi connectivity index (χ0n) is 12.6. The van der Waals surface area contributed by atoms with Crippen LogP contribution in [-0.2, 0) is 24.2 Å². The molecule has 0 atom stereocenters. The first kappa shape index (κ1) is 17.2. The minimum Gasteiger partial charge on any atom is -0.330 e. The smallest absolute Gasteiger partial charge is 0.138 e. The molecule has 5 heteroatoms. The number of carbonyl (C=O) groups excluding carboxylic acids is 1. The number of unbranched alkanes of at least 4 members (excludes halogenated alkanes) is 3. The molecule has 0 amide bonds. The van der Waals surface area contributed by atoms with Gasteiger partial charge >= 0.3 is 0 Å². The zero-order chi connectivity index (χ0) is 15.0. The number of ketones is 1. The highest BCUT2D eigenvalue weighted by Gasteiger charge is 2.16. The summed E-state index contributed by atoms with van der Waals surface area (Å²) in [7, 11) is 0. The Balaban J connectivity index is 2.51. The molecule has 0 radical (unpaired) electrons. The van der Waals surface area contributed by atoms with Gasteiger partial charge in [0.15, 0.2) is 0 Å². The fourth-order valence-electron chi connectivity index (χ4n) is 2.28. The third-order valence-electron chi connectivity index (χ3n) is 3.47. The molecule has 1 aromatic heterocycles. The van der Waals surface area contributed by atoms with Crippen molar-refractivity contribution in [1.29, 1.82) is 0 Å². The molecule has 1 aromatic rings. The molecule has 0 aliphatic carbocycles. The van der Waals surface area contributed by atoms with Crippen molar-refractivity contribution in [1.82, 2.24) is 9.78 Å². The van der Waals surface area contributed by atoms with Gasteiger partial charge in [-0.25, -0.2) is 0 Å². The third-order valence-corrected chi connectivity index (χ3v) is 3.90. The lowest BCUT2D eigenvalue weighted by Gasteiger charge is -2.05. The Kier molecular flexibility index (Phi) is 7.85.